The van der Waals surface area contributed by atoms with E-state index < -0.39 is 5.97 Å². The molecule has 0 atom stereocenters. The van der Waals surface area contributed by atoms with E-state index in [9.17, 15) is 9.90 Å². The summed E-state index contributed by atoms with van der Waals surface area (Å²) in [7, 11) is 1.47. The molecule has 0 saturated carbocycles. The van der Waals surface area contributed by atoms with Crippen LogP contribution in [0, 0.1) is 0 Å². The van der Waals surface area contributed by atoms with Gasteiger partial charge in [0.05, 0.1) is 19.0 Å². The number of fused-ring (bicyclic) bond motifs is 1. The summed E-state index contributed by atoms with van der Waals surface area (Å²) in [6, 6.07) is 6.19. The maximum absolute atomic E-state index is 10.8. The second kappa shape index (κ2) is 4.29. The van der Waals surface area contributed by atoms with Crippen LogP contribution in [-0.2, 0) is 11.2 Å². The van der Waals surface area contributed by atoms with E-state index in [0.717, 1.165) is 0 Å². The van der Waals surface area contributed by atoms with Crippen LogP contribution in [-0.4, -0.2) is 28.3 Å². The molecule has 1 heterocycles. The van der Waals surface area contributed by atoms with Gasteiger partial charge in [0.1, 0.15) is 5.75 Å². The number of benzene rings is 1. The highest BCUT2D eigenvalue weighted by Crippen LogP contribution is 2.25. The van der Waals surface area contributed by atoms with Crippen LogP contribution < -0.4 is 4.74 Å². The van der Waals surface area contributed by atoms with Crippen LogP contribution in [0.4, 0.5) is 0 Å². The summed E-state index contributed by atoms with van der Waals surface area (Å²) in [6.07, 6.45) is -0.140. The molecule has 0 radical (unpaired) electrons. The average Bonchev–Trinajstić information content (AvgIpc) is 2.28. The van der Waals surface area contributed by atoms with E-state index in [0.29, 0.717) is 22.3 Å². The summed E-state index contributed by atoms with van der Waals surface area (Å²) in [6.45, 7) is 0. The standard InChI is InChI=1S/C12H11NO4/c1-17-11-4-7(5-12(15)16)9-6-8(14)2-3-10(9)13-11/h2-4,6,14H,5H2,1H3,(H,15,16). The molecule has 0 saturated heterocycles. The van der Waals surface area contributed by atoms with Crippen LogP contribution in [0.2, 0.25) is 0 Å². The number of methoxy groups -OCH3 is 1. The number of phenolic OH excluding ortho intramolecular Hbond substituents is 1. The van der Waals surface area contributed by atoms with Crippen LogP contribution in [0.1, 0.15) is 5.56 Å². The predicted octanol–water partition coefficient (Wildman–Crippen LogP) is 1.58. The van der Waals surface area contributed by atoms with Crippen LogP contribution in [0.3, 0.4) is 0 Å². The Hall–Kier alpha value is -2.30. The molecule has 88 valence electrons. The lowest BCUT2D eigenvalue weighted by atomic mass is 10.1. The van der Waals surface area contributed by atoms with Crippen LogP contribution in [0.5, 0.6) is 11.6 Å². The first-order valence-electron chi connectivity index (χ1n) is 4.98. The molecule has 0 aliphatic rings. The summed E-state index contributed by atoms with van der Waals surface area (Å²) < 4.78 is 5.01. The number of carbonyl (C=O) groups is 1. The summed E-state index contributed by atoms with van der Waals surface area (Å²) >= 11 is 0. The van der Waals surface area contributed by atoms with E-state index >= 15 is 0 Å². The summed E-state index contributed by atoms with van der Waals surface area (Å²) in [4.78, 5) is 14.9. The van der Waals surface area contributed by atoms with Gasteiger partial charge in [-0.25, -0.2) is 4.98 Å². The predicted molar refractivity (Wildman–Crippen MR) is 61.3 cm³/mol. The lowest BCUT2D eigenvalue weighted by Crippen LogP contribution is -2.02. The molecule has 0 fully saturated rings. The van der Waals surface area contributed by atoms with E-state index in [1.165, 1.54) is 19.2 Å². The number of pyridine rings is 1. The molecule has 2 aromatic rings. The van der Waals surface area contributed by atoms with Crippen molar-refractivity contribution in [2.24, 2.45) is 0 Å². The van der Waals surface area contributed by atoms with Gasteiger partial charge >= 0.3 is 5.97 Å². The Morgan fingerprint density at radius 2 is 2.18 bits per heavy atom. The molecule has 1 aromatic carbocycles. The van der Waals surface area contributed by atoms with Crippen molar-refractivity contribution < 1.29 is 19.7 Å². The number of aromatic nitrogens is 1. The SMILES string of the molecule is COc1cc(CC(=O)O)c2cc(O)ccc2n1. The molecule has 17 heavy (non-hydrogen) atoms. The molecular formula is C12H11NO4. The number of rotatable bonds is 3. The molecule has 5 heteroatoms. The largest absolute Gasteiger partial charge is 0.508 e. The molecule has 5 nitrogen and oxygen atoms in total. The smallest absolute Gasteiger partial charge is 0.307 e. The minimum absolute atomic E-state index is 0.0797. The average molecular weight is 233 g/mol. The number of hydrogen-bond acceptors (Lipinski definition) is 4. The first-order chi connectivity index (χ1) is 8.10. The molecule has 1 aromatic heterocycles. The van der Waals surface area contributed by atoms with Crippen LogP contribution in [0.15, 0.2) is 24.3 Å². The third kappa shape index (κ3) is 2.28. The maximum atomic E-state index is 10.8. The zero-order valence-electron chi connectivity index (χ0n) is 9.17. The Morgan fingerprint density at radius 1 is 1.41 bits per heavy atom. The normalized spacial score (nSPS) is 10.4. The molecule has 0 bridgehead atoms. The molecule has 2 N–H and O–H groups in total. The van der Waals surface area contributed by atoms with Crippen molar-refractivity contribution in [1.82, 2.24) is 4.98 Å². The fourth-order valence-corrected chi connectivity index (χ4v) is 1.67. The zero-order chi connectivity index (χ0) is 12.4. The van der Waals surface area contributed by atoms with Crippen molar-refractivity contribution >= 4 is 16.9 Å². The molecule has 0 unspecified atom stereocenters. The summed E-state index contributed by atoms with van der Waals surface area (Å²) in [5.74, 6) is -0.501. The van der Waals surface area contributed by atoms with Crippen LogP contribution >= 0.6 is 0 Å². The van der Waals surface area contributed by atoms with Gasteiger partial charge in [-0.1, -0.05) is 0 Å². The zero-order valence-corrected chi connectivity index (χ0v) is 9.17. The Kier molecular flexibility index (Phi) is 2.82. The van der Waals surface area contributed by atoms with Gasteiger partial charge in [-0.3, -0.25) is 4.79 Å². The van der Waals surface area contributed by atoms with E-state index in [1.54, 1.807) is 12.1 Å². The lowest BCUT2D eigenvalue weighted by molar-refractivity contribution is -0.136. The van der Waals surface area contributed by atoms with Crippen molar-refractivity contribution in [2.45, 2.75) is 6.42 Å². The third-order valence-corrected chi connectivity index (χ3v) is 2.41. The van der Waals surface area contributed by atoms with Gasteiger partial charge in [-0.15, -0.1) is 0 Å². The second-order valence-electron chi connectivity index (χ2n) is 3.60. The number of carboxylic acids is 1. The second-order valence-corrected chi connectivity index (χ2v) is 3.60. The fraction of sp³-hybridized carbons (Fsp3) is 0.167. The van der Waals surface area contributed by atoms with E-state index in [-0.39, 0.29) is 12.2 Å². The molecule has 2 rings (SSSR count). The molecule has 0 amide bonds. The number of ether oxygens (including phenoxy) is 1. The minimum atomic E-state index is -0.942. The number of aliphatic carboxylic acids is 1. The Balaban J connectivity index is 2.67. The molecular weight excluding hydrogens is 222 g/mol. The Labute approximate surface area is 97.3 Å². The highest BCUT2D eigenvalue weighted by molar-refractivity contribution is 5.87. The number of carboxylic acid groups (broad SMARTS) is 1. The van der Waals surface area contributed by atoms with E-state index in [2.05, 4.69) is 4.98 Å². The van der Waals surface area contributed by atoms with Crippen molar-refractivity contribution in [2.75, 3.05) is 7.11 Å². The molecule has 0 aliphatic carbocycles. The monoisotopic (exact) mass is 233 g/mol. The summed E-state index contributed by atoms with van der Waals surface area (Å²) in [5.41, 5.74) is 1.16. The van der Waals surface area contributed by atoms with Crippen molar-refractivity contribution in [3.63, 3.8) is 0 Å². The van der Waals surface area contributed by atoms with Gasteiger partial charge in [0.25, 0.3) is 0 Å². The third-order valence-electron chi connectivity index (χ3n) is 2.41. The number of aromatic hydroxyl groups is 1. The quantitative estimate of drug-likeness (QED) is 0.841. The molecule has 0 aliphatic heterocycles. The molecule has 0 spiro atoms. The Bertz CT molecular complexity index is 580. The van der Waals surface area contributed by atoms with Crippen LogP contribution in [0.25, 0.3) is 10.9 Å². The Morgan fingerprint density at radius 3 is 2.82 bits per heavy atom. The first-order valence-corrected chi connectivity index (χ1v) is 4.98. The van der Waals surface area contributed by atoms with E-state index in [1.807, 2.05) is 0 Å². The van der Waals surface area contributed by atoms with E-state index in [4.69, 9.17) is 9.84 Å². The highest BCUT2D eigenvalue weighted by Gasteiger charge is 2.10. The van der Waals surface area contributed by atoms with Crippen molar-refractivity contribution in [3.8, 4) is 11.6 Å². The lowest BCUT2D eigenvalue weighted by Gasteiger charge is -2.07. The van der Waals surface area contributed by atoms with Crippen molar-refractivity contribution in [3.05, 3.63) is 29.8 Å². The van der Waals surface area contributed by atoms with Crippen molar-refractivity contribution in [1.29, 1.82) is 0 Å². The minimum Gasteiger partial charge on any atom is -0.508 e. The van der Waals surface area contributed by atoms with Gasteiger partial charge in [-0.2, -0.15) is 0 Å². The van der Waals surface area contributed by atoms with Gasteiger partial charge in [0.15, 0.2) is 0 Å². The van der Waals surface area contributed by atoms with Gasteiger partial charge in [0.2, 0.25) is 5.88 Å². The van der Waals surface area contributed by atoms with Gasteiger partial charge in [0, 0.05) is 11.5 Å². The number of phenols is 1. The highest BCUT2D eigenvalue weighted by atomic mass is 16.5. The summed E-state index contributed by atoms with van der Waals surface area (Å²) in [5, 5.41) is 18.9. The fourth-order valence-electron chi connectivity index (χ4n) is 1.67. The van der Waals surface area contributed by atoms with Gasteiger partial charge < -0.3 is 14.9 Å². The van der Waals surface area contributed by atoms with Gasteiger partial charge in [-0.05, 0) is 23.8 Å². The number of nitrogens with zero attached hydrogens (tertiary/aromatic N) is 1. The first kappa shape index (κ1) is 11.2. The maximum Gasteiger partial charge on any atom is 0.307 e. The topological polar surface area (TPSA) is 79.7 Å². The number of hydrogen-bond donors (Lipinski definition) is 2.